The second kappa shape index (κ2) is 7.24. The third-order valence-corrected chi connectivity index (χ3v) is 5.22. The van der Waals surface area contributed by atoms with Crippen molar-refractivity contribution in [1.82, 2.24) is 9.61 Å². The number of esters is 1. The molecule has 2 aromatic heterocycles. The average molecular weight is 399 g/mol. The number of benzene rings is 2. The molecule has 0 spiro atoms. The summed E-state index contributed by atoms with van der Waals surface area (Å²) in [6, 6.07) is 16.6. The third-order valence-electron chi connectivity index (χ3n) is 5.22. The number of nitrogens with two attached hydrogens (primary N) is 1. The van der Waals surface area contributed by atoms with Crippen molar-refractivity contribution >= 4 is 23.1 Å². The van der Waals surface area contributed by atoms with Crippen molar-refractivity contribution in [2.24, 2.45) is 5.73 Å². The number of carbonyl (C=O) groups is 1. The van der Waals surface area contributed by atoms with Gasteiger partial charge in [-0.1, -0.05) is 36.4 Å². The second-order valence-electron chi connectivity index (χ2n) is 7.03. The van der Waals surface area contributed by atoms with Gasteiger partial charge in [0.2, 0.25) is 0 Å². The first-order valence-corrected chi connectivity index (χ1v) is 9.62. The Morgan fingerprint density at radius 1 is 1.07 bits per heavy atom. The number of hydrogen-bond donors (Lipinski definition) is 1. The number of ether oxygens (including phenoxy) is 1. The molecule has 2 aromatic carbocycles. The molecule has 0 unspecified atom stereocenters. The molecule has 0 fully saturated rings. The largest absolute Gasteiger partial charge is 0.461 e. The van der Waals surface area contributed by atoms with Crippen LogP contribution in [0.25, 0.3) is 28.3 Å². The molecular formula is C24H18FN3O2. The van der Waals surface area contributed by atoms with Gasteiger partial charge in [-0.05, 0) is 52.1 Å². The maximum Gasteiger partial charge on any atom is 0.342 e. The topological polar surface area (TPSA) is 69.6 Å². The molecule has 1 aliphatic carbocycles. The van der Waals surface area contributed by atoms with Gasteiger partial charge in [-0.25, -0.2) is 13.7 Å². The van der Waals surface area contributed by atoms with Gasteiger partial charge < -0.3 is 10.5 Å². The zero-order valence-corrected chi connectivity index (χ0v) is 16.0. The lowest BCUT2D eigenvalue weighted by atomic mass is 10.0. The molecule has 2 N–H and O–H groups in total. The third kappa shape index (κ3) is 2.89. The molecule has 0 saturated heterocycles. The zero-order valence-electron chi connectivity index (χ0n) is 16.0. The zero-order chi connectivity index (χ0) is 20.7. The normalized spacial score (nSPS) is 13.5. The van der Waals surface area contributed by atoms with Gasteiger partial charge in [-0.3, -0.25) is 0 Å². The van der Waals surface area contributed by atoms with Gasteiger partial charge in [0.25, 0.3) is 0 Å². The molecule has 0 atom stereocenters. The van der Waals surface area contributed by atoms with E-state index in [2.05, 4.69) is 5.10 Å². The molecule has 5 rings (SSSR count). The number of aromatic nitrogens is 2. The minimum atomic E-state index is -0.473. The van der Waals surface area contributed by atoms with E-state index in [1.54, 1.807) is 22.8 Å². The van der Waals surface area contributed by atoms with E-state index in [1.165, 1.54) is 12.3 Å². The van der Waals surface area contributed by atoms with Crippen LogP contribution in [-0.2, 0) is 4.74 Å². The number of pyridine rings is 1. The Bertz CT molecular complexity index is 1320. The van der Waals surface area contributed by atoms with E-state index in [4.69, 9.17) is 10.5 Å². The number of halogens is 1. The molecule has 6 heteroatoms. The van der Waals surface area contributed by atoms with Gasteiger partial charge in [0.1, 0.15) is 18.0 Å². The number of carbonyl (C=O) groups excluding carboxylic acids is 1. The molecule has 0 aliphatic heterocycles. The van der Waals surface area contributed by atoms with E-state index in [0.717, 1.165) is 33.4 Å². The lowest BCUT2D eigenvalue weighted by Gasteiger charge is -2.07. The molecule has 148 valence electrons. The van der Waals surface area contributed by atoms with E-state index in [1.807, 2.05) is 42.5 Å². The molecule has 0 amide bonds. The fourth-order valence-electron chi connectivity index (χ4n) is 3.95. The van der Waals surface area contributed by atoms with Crippen LogP contribution in [0, 0.1) is 5.82 Å². The Morgan fingerprint density at radius 3 is 2.70 bits per heavy atom. The molecule has 0 bridgehead atoms. The Balaban J connectivity index is 1.72. The van der Waals surface area contributed by atoms with Crippen molar-refractivity contribution in [3.63, 3.8) is 0 Å². The predicted octanol–water partition coefficient (Wildman–Crippen LogP) is 4.16. The van der Waals surface area contributed by atoms with Crippen LogP contribution in [-0.4, -0.2) is 28.7 Å². The van der Waals surface area contributed by atoms with Crippen molar-refractivity contribution in [3.8, 4) is 11.1 Å². The Labute approximate surface area is 172 Å². The molecular weight excluding hydrogens is 381 g/mol. The van der Waals surface area contributed by atoms with Crippen molar-refractivity contribution < 1.29 is 13.9 Å². The van der Waals surface area contributed by atoms with Crippen LogP contribution < -0.4 is 5.73 Å². The summed E-state index contributed by atoms with van der Waals surface area (Å²) in [5, 5.41) is 4.28. The highest BCUT2D eigenvalue weighted by Gasteiger charge is 2.24. The Kier molecular flexibility index (Phi) is 4.41. The van der Waals surface area contributed by atoms with Gasteiger partial charge >= 0.3 is 5.97 Å². The molecule has 4 aromatic rings. The van der Waals surface area contributed by atoms with Gasteiger partial charge in [-0.2, -0.15) is 5.10 Å². The van der Waals surface area contributed by atoms with Crippen molar-refractivity contribution in [3.05, 3.63) is 95.1 Å². The van der Waals surface area contributed by atoms with Gasteiger partial charge in [0.15, 0.2) is 0 Å². The average Bonchev–Trinajstić information content (AvgIpc) is 3.33. The van der Waals surface area contributed by atoms with Gasteiger partial charge in [-0.15, -0.1) is 0 Å². The standard InChI is InChI=1S/C24H18FN3O2/c25-16-7-8-19-17-5-1-2-6-18(17)20(21(19)13-16)12-15-4-3-10-28-23(15)22(14-27-28)24(29)30-11-9-26/h1-8,10,12-14H,9,11,26H2. The highest BCUT2D eigenvalue weighted by Crippen LogP contribution is 2.45. The summed E-state index contributed by atoms with van der Waals surface area (Å²) in [5.41, 5.74) is 12.0. The Morgan fingerprint density at radius 2 is 1.87 bits per heavy atom. The van der Waals surface area contributed by atoms with Crippen LogP contribution in [0.15, 0.2) is 67.0 Å². The minimum absolute atomic E-state index is 0.138. The summed E-state index contributed by atoms with van der Waals surface area (Å²) >= 11 is 0. The first kappa shape index (κ1) is 18.3. The first-order valence-electron chi connectivity index (χ1n) is 9.62. The number of fused-ring (bicyclic) bond motifs is 4. The number of hydrogen-bond acceptors (Lipinski definition) is 4. The van der Waals surface area contributed by atoms with Crippen molar-refractivity contribution in [2.45, 2.75) is 0 Å². The first-order chi connectivity index (χ1) is 14.7. The quantitative estimate of drug-likeness (QED) is 0.461. The van der Waals surface area contributed by atoms with Crippen LogP contribution in [0.5, 0.6) is 0 Å². The Hall–Kier alpha value is -3.77. The smallest absolute Gasteiger partial charge is 0.342 e. The lowest BCUT2D eigenvalue weighted by Crippen LogP contribution is -2.13. The van der Waals surface area contributed by atoms with Crippen LogP contribution in [0.2, 0.25) is 0 Å². The second-order valence-corrected chi connectivity index (χ2v) is 7.03. The van der Waals surface area contributed by atoms with E-state index < -0.39 is 5.97 Å². The van der Waals surface area contributed by atoms with E-state index in [0.29, 0.717) is 11.1 Å². The molecule has 0 saturated carbocycles. The van der Waals surface area contributed by atoms with Gasteiger partial charge in [0.05, 0.1) is 11.7 Å². The summed E-state index contributed by atoms with van der Waals surface area (Å²) in [7, 11) is 0. The molecule has 2 heterocycles. The number of nitrogens with zero attached hydrogens (tertiary/aromatic N) is 2. The van der Waals surface area contributed by atoms with Crippen molar-refractivity contribution in [1.29, 1.82) is 0 Å². The highest BCUT2D eigenvalue weighted by molar-refractivity contribution is 6.08. The summed E-state index contributed by atoms with van der Waals surface area (Å²) in [4.78, 5) is 12.5. The SMILES string of the molecule is NCCOC(=O)c1cnn2cccc(C=C3c4ccccc4-c4ccc(F)cc43)c12. The predicted molar refractivity (Wildman–Crippen MR) is 113 cm³/mol. The molecule has 5 nitrogen and oxygen atoms in total. The van der Waals surface area contributed by atoms with E-state index in [-0.39, 0.29) is 19.0 Å². The van der Waals surface area contributed by atoms with E-state index in [9.17, 15) is 9.18 Å². The van der Waals surface area contributed by atoms with Gasteiger partial charge in [0, 0.05) is 18.3 Å². The summed E-state index contributed by atoms with van der Waals surface area (Å²) in [6.07, 6.45) is 5.24. The fraction of sp³-hybridized carbons (Fsp3) is 0.0833. The fourth-order valence-corrected chi connectivity index (χ4v) is 3.95. The molecule has 0 radical (unpaired) electrons. The van der Waals surface area contributed by atoms with Crippen LogP contribution >= 0.6 is 0 Å². The van der Waals surface area contributed by atoms with Crippen LogP contribution in [0.4, 0.5) is 4.39 Å². The van der Waals surface area contributed by atoms with Crippen LogP contribution in [0.1, 0.15) is 27.0 Å². The summed E-state index contributed by atoms with van der Waals surface area (Å²) in [5.74, 6) is -0.763. The molecule has 30 heavy (non-hydrogen) atoms. The molecule has 1 aliphatic rings. The van der Waals surface area contributed by atoms with Crippen molar-refractivity contribution in [2.75, 3.05) is 13.2 Å². The minimum Gasteiger partial charge on any atom is -0.461 e. The highest BCUT2D eigenvalue weighted by atomic mass is 19.1. The maximum atomic E-state index is 14.1. The number of rotatable bonds is 4. The lowest BCUT2D eigenvalue weighted by molar-refractivity contribution is 0.0519. The maximum absolute atomic E-state index is 14.1. The summed E-state index contributed by atoms with van der Waals surface area (Å²) in [6.45, 7) is 0.389. The monoisotopic (exact) mass is 399 g/mol. The summed E-state index contributed by atoms with van der Waals surface area (Å²) < 4.78 is 20.9. The van der Waals surface area contributed by atoms with E-state index >= 15 is 0 Å². The van der Waals surface area contributed by atoms with Crippen LogP contribution in [0.3, 0.4) is 0 Å².